The van der Waals surface area contributed by atoms with Crippen molar-refractivity contribution in [1.82, 2.24) is 5.32 Å². The van der Waals surface area contributed by atoms with Crippen molar-refractivity contribution >= 4 is 11.6 Å². The lowest BCUT2D eigenvalue weighted by molar-refractivity contribution is -0.384. The summed E-state index contributed by atoms with van der Waals surface area (Å²) < 4.78 is 24.4. The van der Waals surface area contributed by atoms with Crippen molar-refractivity contribution < 1.29 is 23.6 Å². The summed E-state index contributed by atoms with van der Waals surface area (Å²) in [6.45, 7) is -0.296. The topological polar surface area (TPSA) is 90.7 Å². The maximum atomic E-state index is 13.6. The van der Waals surface area contributed by atoms with Gasteiger partial charge >= 0.3 is 0 Å². The highest BCUT2D eigenvalue weighted by molar-refractivity contribution is 5.78. The van der Waals surface area contributed by atoms with E-state index < -0.39 is 16.6 Å². The van der Waals surface area contributed by atoms with Crippen molar-refractivity contribution in [3.05, 3.63) is 88.2 Å². The molecule has 0 aromatic heterocycles. The third-order valence-corrected chi connectivity index (χ3v) is 4.37. The number of amides is 1. The number of nitrogens with one attached hydrogen (secondary N) is 1. The monoisotopic (exact) mass is 410 g/mol. The van der Waals surface area contributed by atoms with E-state index in [1.165, 1.54) is 31.4 Å². The van der Waals surface area contributed by atoms with E-state index in [-0.39, 0.29) is 18.8 Å². The van der Waals surface area contributed by atoms with Crippen molar-refractivity contribution in [1.29, 1.82) is 0 Å². The van der Waals surface area contributed by atoms with Crippen LogP contribution in [0.3, 0.4) is 0 Å². The second kappa shape index (κ2) is 9.51. The maximum absolute atomic E-state index is 13.6. The number of nitrogens with zero attached hydrogens (tertiary/aromatic N) is 1. The summed E-state index contributed by atoms with van der Waals surface area (Å²) in [5.74, 6) is 0.0964. The predicted molar refractivity (Wildman–Crippen MR) is 109 cm³/mol. The SMILES string of the molecule is COc1ccc(-c2cc([N+](=O)[O-])ccc2OCC(=O)NCc2ccccc2F)cc1. The van der Waals surface area contributed by atoms with Crippen LogP contribution in [0.1, 0.15) is 5.56 Å². The lowest BCUT2D eigenvalue weighted by Gasteiger charge is -2.12. The molecular weight excluding hydrogens is 391 g/mol. The molecule has 0 aliphatic rings. The van der Waals surface area contributed by atoms with E-state index in [0.29, 0.717) is 28.2 Å². The van der Waals surface area contributed by atoms with E-state index in [1.54, 1.807) is 42.5 Å². The first-order chi connectivity index (χ1) is 14.5. The van der Waals surface area contributed by atoms with Crippen LogP contribution in [0, 0.1) is 15.9 Å². The number of hydrogen-bond acceptors (Lipinski definition) is 5. The molecule has 1 amide bonds. The Morgan fingerprint density at radius 1 is 1.10 bits per heavy atom. The van der Waals surface area contributed by atoms with Crippen LogP contribution in [0.2, 0.25) is 0 Å². The second-order valence-electron chi connectivity index (χ2n) is 6.32. The van der Waals surface area contributed by atoms with Crippen LogP contribution in [-0.4, -0.2) is 24.5 Å². The molecule has 8 heteroatoms. The molecule has 0 aliphatic carbocycles. The number of methoxy groups -OCH3 is 1. The minimum absolute atomic E-state index is 0.0282. The molecule has 0 radical (unpaired) electrons. The summed E-state index contributed by atoms with van der Waals surface area (Å²) in [6.07, 6.45) is 0. The molecule has 3 rings (SSSR count). The Kier molecular flexibility index (Phi) is 6.59. The number of nitro benzene ring substituents is 1. The Labute approximate surface area is 172 Å². The minimum atomic E-state index is -0.502. The third kappa shape index (κ3) is 5.11. The van der Waals surface area contributed by atoms with E-state index in [0.717, 1.165) is 0 Å². The number of rotatable bonds is 8. The van der Waals surface area contributed by atoms with Gasteiger partial charge in [-0.3, -0.25) is 14.9 Å². The normalized spacial score (nSPS) is 10.3. The van der Waals surface area contributed by atoms with Crippen LogP contribution in [0.25, 0.3) is 11.1 Å². The molecule has 0 fully saturated rings. The highest BCUT2D eigenvalue weighted by Gasteiger charge is 2.15. The van der Waals surface area contributed by atoms with Crippen LogP contribution >= 0.6 is 0 Å². The molecule has 1 N–H and O–H groups in total. The molecule has 7 nitrogen and oxygen atoms in total. The molecular formula is C22H19FN2O5. The lowest BCUT2D eigenvalue weighted by atomic mass is 10.0. The van der Waals surface area contributed by atoms with Gasteiger partial charge in [-0.05, 0) is 29.8 Å². The Morgan fingerprint density at radius 3 is 2.50 bits per heavy atom. The number of hydrogen-bond donors (Lipinski definition) is 1. The molecule has 0 bridgehead atoms. The zero-order valence-corrected chi connectivity index (χ0v) is 16.1. The molecule has 154 valence electrons. The average Bonchev–Trinajstić information content (AvgIpc) is 2.77. The molecule has 3 aromatic carbocycles. The number of nitro groups is 1. The first-order valence-corrected chi connectivity index (χ1v) is 9.03. The predicted octanol–water partition coefficient (Wildman–Crippen LogP) is 4.10. The Morgan fingerprint density at radius 2 is 1.83 bits per heavy atom. The summed E-state index contributed by atoms with van der Waals surface area (Å²) in [5.41, 5.74) is 1.40. The highest BCUT2D eigenvalue weighted by atomic mass is 19.1. The number of benzene rings is 3. The highest BCUT2D eigenvalue weighted by Crippen LogP contribution is 2.34. The van der Waals surface area contributed by atoms with Gasteiger partial charge in [-0.2, -0.15) is 0 Å². The van der Waals surface area contributed by atoms with Crippen molar-refractivity contribution in [3.63, 3.8) is 0 Å². The van der Waals surface area contributed by atoms with Gasteiger partial charge in [0, 0.05) is 29.8 Å². The molecule has 3 aromatic rings. The van der Waals surface area contributed by atoms with Crippen molar-refractivity contribution in [3.8, 4) is 22.6 Å². The van der Waals surface area contributed by atoms with Gasteiger partial charge in [-0.15, -0.1) is 0 Å². The lowest BCUT2D eigenvalue weighted by Crippen LogP contribution is -2.28. The van der Waals surface area contributed by atoms with Crippen LogP contribution in [0.15, 0.2) is 66.7 Å². The van der Waals surface area contributed by atoms with Crippen LogP contribution in [-0.2, 0) is 11.3 Å². The molecule has 0 saturated heterocycles. The molecule has 0 spiro atoms. The molecule has 0 aliphatic heterocycles. The van der Waals surface area contributed by atoms with Gasteiger partial charge in [0.05, 0.1) is 12.0 Å². The van der Waals surface area contributed by atoms with Gasteiger partial charge in [0.1, 0.15) is 17.3 Å². The van der Waals surface area contributed by atoms with E-state index in [9.17, 15) is 19.3 Å². The van der Waals surface area contributed by atoms with Crippen LogP contribution in [0.5, 0.6) is 11.5 Å². The van der Waals surface area contributed by atoms with Gasteiger partial charge < -0.3 is 14.8 Å². The summed E-state index contributed by atoms with van der Waals surface area (Å²) in [6, 6.07) is 17.2. The quantitative estimate of drug-likeness (QED) is 0.446. The molecule has 30 heavy (non-hydrogen) atoms. The van der Waals surface area contributed by atoms with Gasteiger partial charge in [0.15, 0.2) is 6.61 Å². The van der Waals surface area contributed by atoms with E-state index in [1.807, 2.05) is 0 Å². The fraction of sp³-hybridized carbons (Fsp3) is 0.136. The third-order valence-electron chi connectivity index (χ3n) is 4.37. The van der Waals surface area contributed by atoms with E-state index >= 15 is 0 Å². The largest absolute Gasteiger partial charge is 0.497 e. The number of carbonyl (C=O) groups excluding carboxylic acids is 1. The van der Waals surface area contributed by atoms with E-state index in [4.69, 9.17) is 9.47 Å². The molecule has 0 unspecified atom stereocenters. The van der Waals surface area contributed by atoms with Crippen molar-refractivity contribution in [2.75, 3.05) is 13.7 Å². The second-order valence-corrected chi connectivity index (χ2v) is 6.32. The van der Waals surface area contributed by atoms with Gasteiger partial charge in [0.2, 0.25) is 0 Å². The Hall–Kier alpha value is -3.94. The number of halogens is 1. The first-order valence-electron chi connectivity index (χ1n) is 9.03. The van der Waals surface area contributed by atoms with Gasteiger partial charge in [-0.1, -0.05) is 30.3 Å². The van der Waals surface area contributed by atoms with Crippen LogP contribution < -0.4 is 14.8 Å². The van der Waals surface area contributed by atoms with E-state index in [2.05, 4.69) is 5.32 Å². The van der Waals surface area contributed by atoms with Crippen molar-refractivity contribution in [2.45, 2.75) is 6.54 Å². The van der Waals surface area contributed by atoms with Gasteiger partial charge in [-0.25, -0.2) is 4.39 Å². The summed E-state index contributed by atoms with van der Waals surface area (Å²) >= 11 is 0. The first kappa shape index (κ1) is 20.8. The van der Waals surface area contributed by atoms with Gasteiger partial charge in [0.25, 0.3) is 11.6 Å². The van der Waals surface area contributed by atoms with Crippen LogP contribution in [0.4, 0.5) is 10.1 Å². The smallest absolute Gasteiger partial charge is 0.270 e. The standard InChI is InChI=1S/C22H19FN2O5/c1-29-18-9-6-15(7-10-18)19-12-17(25(27)28)8-11-21(19)30-14-22(26)24-13-16-4-2-3-5-20(16)23/h2-12H,13-14H2,1H3,(H,24,26). The molecule has 0 atom stereocenters. The number of non-ortho nitro benzene ring substituents is 1. The number of ether oxygens (including phenoxy) is 2. The fourth-order valence-corrected chi connectivity index (χ4v) is 2.78. The zero-order chi connectivity index (χ0) is 21.5. The zero-order valence-electron chi connectivity index (χ0n) is 16.1. The molecule has 0 saturated carbocycles. The fourth-order valence-electron chi connectivity index (χ4n) is 2.78. The molecule has 0 heterocycles. The maximum Gasteiger partial charge on any atom is 0.270 e. The Balaban J connectivity index is 1.73. The van der Waals surface area contributed by atoms with Crippen molar-refractivity contribution in [2.24, 2.45) is 0 Å². The average molecular weight is 410 g/mol. The summed E-state index contributed by atoms with van der Waals surface area (Å²) in [5, 5.41) is 13.7. The summed E-state index contributed by atoms with van der Waals surface area (Å²) in [7, 11) is 1.54. The minimum Gasteiger partial charge on any atom is -0.497 e. The number of carbonyl (C=O) groups is 1. The Bertz CT molecular complexity index is 1050. The summed E-state index contributed by atoms with van der Waals surface area (Å²) in [4.78, 5) is 22.8.